The number of rotatable bonds is 6. The van der Waals surface area contributed by atoms with Crippen molar-refractivity contribution in [3.8, 4) is 0 Å². The number of aryl methyl sites for hydroxylation is 1. The van der Waals surface area contributed by atoms with Crippen LogP contribution in [0.2, 0.25) is 0 Å². The summed E-state index contributed by atoms with van der Waals surface area (Å²) in [6.07, 6.45) is 4.81. The number of hydrogen-bond acceptors (Lipinski definition) is 3. The van der Waals surface area contributed by atoms with Gasteiger partial charge in [-0.3, -0.25) is 4.79 Å². The molecule has 0 bridgehead atoms. The topological polar surface area (TPSA) is 42.0 Å². The van der Waals surface area contributed by atoms with Gasteiger partial charge >= 0.3 is 0 Å². The van der Waals surface area contributed by atoms with Crippen molar-refractivity contribution < 1.29 is 9.18 Å². The number of carbonyl (C=O) groups excluding carboxylic acids is 1. The fraction of sp³-hybridized carbons (Fsp3) is 0.444. The van der Waals surface area contributed by atoms with Crippen LogP contribution < -0.4 is 5.32 Å². The van der Waals surface area contributed by atoms with Crippen molar-refractivity contribution in [2.45, 2.75) is 50.5 Å². The number of hydrogen-bond donors (Lipinski definition) is 1. The maximum absolute atomic E-state index is 13.2. The Hall–Kier alpha value is -1.75. The van der Waals surface area contributed by atoms with Crippen molar-refractivity contribution in [1.29, 1.82) is 0 Å². The minimum Gasteiger partial charge on any atom is -0.350 e. The highest BCUT2D eigenvalue weighted by Crippen LogP contribution is 2.51. The first-order chi connectivity index (χ1) is 10.9. The first-order valence-corrected chi connectivity index (χ1v) is 8.76. The minimum atomic E-state index is -0.234. The van der Waals surface area contributed by atoms with Gasteiger partial charge in [0.15, 0.2) is 0 Å². The summed E-state index contributed by atoms with van der Waals surface area (Å²) in [5.74, 6) is -0.172. The van der Waals surface area contributed by atoms with E-state index in [1.165, 1.54) is 12.1 Å². The molecular formula is C18H21FN2OS. The largest absolute Gasteiger partial charge is 0.350 e. The number of carbonyl (C=O) groups is 1. The van der Waals surface area contributed by atoms with Gasteiger partial charge in [0.1, 0.15) is 5.82 Å². The Labute approximate surface area is 140 Å². The summed E-state index contributed by atoms with van der Waals surface area (Å²) in [6.45, 7) is 4.24. The van der Waals surface area contributed by atoms with Crippen molar-refractivity contribution in [2.75, 3.05) is 0 Å². The van der Waals surface area contributed by atoms with E-state index in [2.05, 4.69) is 24.1 Å². The molecule has 1 aliphatic carbocycles. The molecule has 0 radical (unpaired) electrons. The molecule has 1 aromatic heterocycles. The van der Waals surface area contributed by atoms with E-state index in [0.717, 1.165) is 23.4 Å². The molecule has 5 heteroatoms. The molecule has 1 amide bonds. The van der Waals surface area contributed by atoms with Crippen LogP contribution in [0.3, 0.4) is 0 Å². The smallest absolute Gasteiger partial charge is 0.220 e. The van der Waals surface area contributed by atoms with E-state index in [1.54, 1.807) is 17.5 Å². The van der Waals surface area contributed by atoms with Crippen LogP contribution in [-0.4, -0.2) is 16.4 Å². The zero-order chi connectivity index (χ0) is 16.5. The third kappa shape index (κ3) is 3.29. The number of aromatic nitrogens is 1. The van der Waals surface area contributed by atoms with Gasteiger partial charge < -0.3 is 5.32 Å². The molecule has 0 spiro atoms. The molecule has 122 valence electrons. The van der Waals surface area contributed by atoms with Crippen LogP contribution in [0.5, 0.6) is 0 Å². The highest BCUT2D eigenvalue weighted by atomic mass is 32.1. The summed E-state index contributed by atoms with van der Waals surface area (Å²) in [5, 5.41) is 6.14. The van der Waals surface area contributed by atoms with Gasteiger partial charge in [0.2, 0.25) is 5.91 Å². The molecule has 1 N–H and O–H groups in total. The van der Waals surface area contributed by atoms with Gasteiger partial charge in [-0.25, -0.2) is 9.37 Å². The van der Waals surface area contributed by atoms with Crippen molar-refractivity contribution in [3.63, 3.8) is 0 Å². The molecule has 23 heavy (non-hydrogen) atoms. The lowest BCUT2D eigenvalue weighted by Gasteiger charge is -2.36. The summed E-state index contributed by atoms with van der Waals surface area (Å²) >= 11 is 1.58. The summed E-state index contributed by atoms with van der Waals surface area (Å²) in [6, 6.07) is 6.60. The minimum absolute atomic E-state index is 0.0629. The van der Waals surface area contributed by atoms with Crippen molar-refractivity contribution in [2.24, 2.45) is 0 Å². The third-order valence-electron chi connectivity index (χ3n) is 4.94. The quantitative estimate of drug-likeness (QED) is 0.873. The second kappa shape index (κ2) is 6.04. The van der Waals surface area contributed by atoms with Crippen LogP contribution >= 0.6 is 11.3 Å². The van der Waals surface area contributed by atoms with E-state index in [4.69, 9.17) is 0 Å². The normalized spacial score (nSPS) is 16.1. The summed E-state index contributed by atoms with van der Waals surface area (Å²) in [4.78, 5) is 16.5. The molecular weight excluding hydrogens is 311 g/mol. The molecule has 1 aliphatic rings. The van der Waals surface area contributed by atoms with Gasteiger partial charge in [0, 0.05) is 35.4 Å². The predicted octanol–water partition coefficient (Wildman–Crippen LogP) is 3.84. The molecule has 1 fully saturated rings. The first kappa shape index (κ1) is 16.1. The van der Waals surface area contributed by atoms with E-state index in [0.29, 0.717) is 12.8 Å². The summed E-state index contributed by atoms with van der Waals surface area (Å²) < 4.78 is 13.2. The standard InChI is InChI=1S/C18H21FN2OS/c1-17(2,13-3-5-14(19)6-4-13)18(9-10-18)21-15(22)7-8-16-20-11-12-23-16/h3-6,11-12H,7-10H2,1-2H3,(H,21,22). The van der Waals surface area contributed by atoms with Crippen molar-refractivity contribution >= 4 is 17.2 Å². The molecule has 1 saturated carbocycles. The van der Waals surface area contributed by atoms with E-state index >= 15 is 0 Å². The van der Waals surface area contributed by atoms with Gasteiger partial charge in [-0.05, 0) is 30.5 Å². The summed E-state index contributed by atoms with van der Waals surface area (Å²) in [5.41, 5.74) is 0.610. The predicted molar refractivity (Wildman–Crippen MR) is 90.0 cm³/mol. The van der Waals surface area contributed by atoms with E-state index < -0.39 is 0 Å². The van der Waals surface area contributed by atoms with Gasteiger partial charge in [-0.1, -0.05) is 26.0 Å². The second-order valence-electron chi connectivity index (χ2n) is 6.69. The van der Waals surface area contributed by atoms with Crippen molar-refractivity contribution in [3.05, 3.63) is 52.2 Å². The number of benzene rings is 1. The van der Waals surface area contributed by atoms with Crippen LogP contribution in [-0.2, 0) is 16.6 Å². The molecule has 0 aliphatic heterocycles. The second-order valence-corrected chi connectivity index (χ2v) is 7.67. The Balaban J connectivity index is 1.66. The van der Waals surface area contributed by atoms with Gasteiger partial charge in [0.25, 0.3) is 0 Å². The molecule has 3 rings (SSSR count). The molecule has 0 atom stereocenters. The number of thiazole rings is 1. The maximum Gasteiger partial charge on any atom is 0.220 e. The fourth-order valence-corrected chi connectivity index (χ4v) is 3.72. The van der Waals surface area contributed by atoms with Crippen LogP contribution in [0.25, 0.3) is 0 Å². The lowest BCUT2D eigenvalue weighted by Crippen LogP contribution is -2.50. The Kier molecular flexibility index (Phi) is 4.23. The number of amides is 1. The Morgan fingerprint density at radius 1 is 1.35 bits per heavy atom. The molecule has 3 nitrogen and oxygen atoms in total. The van der Waals surface area contributed by atoms with Crippen LogP contribution in [0.1, 0.15) is 43.7 Å². The SMILES string of the molecule is CC(C)(c1ccc(F)cc1)C1(NC(=O)CCc2nccs2)CC1. The van der Waals surface area contributed by atoms with Crippen LogP contribution in [0, 0.1) is 5.82 Å². The monoisotopic (exact) mass is 332 g/mol. The average Bonchev–Trinajstić information content (AvgIpc) is 3.12. The highest BCUT2D eigenvalue weighted by Gasteiger charge is 2.55. The average molecular weight is 332 g/mol. The molecule has 1 heterocycles. The molecule has 0 saturated heterocycles. The molecule has 0 unspecified atom stereocenters. The zero-order valence-electron chi connectivity index (χ0n) is 13.4. The van der Waals surface area contributed by atoms with E-state index in [9.17, 15) is 9.18 Å². The summed E-state index contributed by atoms with van der Waals surface area (Å²) in [7, 11) is 0. The lowest BCUT2D eigenvalue weighted by atomic mass is 9.75. The fourth-order valence-electron chi connectivity index (χ4n) is 3.10. The Morgan fingerprint density at radius 2 is 2.04 bits per heavy atom. The van der Waals surface area contributed by atoms with Crippen LogP contribution in [0.4, 0.5) is 4.39 Å². The van der Waals surface area contributed by atoms with Gasteiger partial charge in [-0.2, -0.15) is 0 Å². The van der Waals surface area contributed by atoms with Gasteiger partial charge in [0.05, 0.1) is 5.01 Å². The maximum atomic E-state index is 13.2. The number of halogens is 1. The van der Waals surface area contributed by atoms with Gasteiger partial charge in [-0.15, -0.1) is 11.3 Å². The molecule has 1 aromatic carbocycles. The van der Waals surface area contributed by atoms with E-state index in [1.807, 2.05) is 17.5 Å². The van der Waals surface area contributed by atoms with Crippen molar-refractivity contribution in [1.82, 2.24) is 10.3 Å². The number of nitrogens with zero attached hydrogens (tertiary/aromatic N) is 1. The Bertz CT molecular complexity index is 676. The van der Waals surface area contributed by atoms with Crippen LogP contribution in [0.15, 0.2) is 35.8 Å². The highest BCUT2D eigenvalue weighted by molar-refractivity contribution is 7.09. The molecule has 2 aromatic rings. The Morgan fingerprint density at radius 3 is 2.61 bits per heavy atom. The zero-order valence-corrected chi connectivity index (χ0v) is 14.3. The lowest BCUT2D eigenvalue weighted by molar-refractivity contribution is -0.122. The van der Waals surface area contributed by atoms with E-state index in [-0.39, 0.29) is 22.7 Å². The number of nitrogens with one attached hydrogen (secondary N) is 1. The third-order valence-corrected chi connectivity index (χ3v) is 5.78. The first-order valence-electron chi connectivity index (χ1n) is 7.88.